The topological polar surface area (TPSA) is 379 Å². The molecule has 5 N–H and O–H groups in total. The SMILES string of the molecule is CC(=O)NC1C(OC(C)=O)[C@@H](OC(C)=O)C(COC(C)=O)O[C@H]1OCCCCC(=O)NCCCNCCCN(CCCNC(=O)CCCCO[C@@H]1OC(COC(C)=O)[C@H](OC(C)=O)C(OC(C)=O)C1NC(C)=O)C(=O)CCCCOOC(C)=O. The Morgan fingerprint density at radius 2 is 0.810 bits per heavy atom. The number of hydrogen-bond acceptors (Lipinski definition) is 25. The standard InChI is InChI=1S/C54H88N6O24/c1-33(61)58-47-51(80-39(7)67)49(78-37(5)65)42(31-75-35(3)63)82-53(47)73-28-13-10-19-44(70)56-24-16-22-55-23-17-26-60(46(72)21-12-15-30-77-84-41(9)69)27-18-25-57-45(71)20-11-14-29-74-54-48(59-34(2)62)52(81-40(8)68)50(79-38(6)66)43(83-54)32-76-36(4)64/h42-43,47-55H,10-32H2,1-9H3,(H,56,70)(H,57,71)(H,58,61)(H,59,62)/t42?,43?,47?,48?,49-,50-,51?,52?,53+,54+/m0/s1. The van der Waals surface area contributed by atoms with Gasteiger partial charge in [0.1, 0.15) is 37.5 Å². The third-order valence-corrected chi connectivity index (χ3v) is 12.3. The van der Waals surface area contributed by atoms with Gasteiger partial charge in [-0.2, -0.15) is 4.89 Å². The van der Waals surface area contributed by atoms with E-state index < -0.39 is 115 Å². The molecule has 2 rings (SSSR count). The van der Waals surface area contributed by atoms with Gasteiger partial charge < -0.3 is 78.9 Å². The van der Waals surface area contributed by atoms with Crippen LogP contribution in [0.15, 0.2) is 0 Å². The molecule has 2 aliphatic heterocycles. The molecule has 30 heteroatoms. The molecular weight excluding hydrogens is 1120 g/mol. The molecule has 0 spiro atoms. The van der Waals surface area contributed by atoms with Crippen LogP contribution in [0.3, 0.4) is 0 Å². The molecular formula is C54H88N6O24. The molecule has 0 aromatic heterocycles. The summed E-state index contributed by atoms with van der Waals surface area (Å²) in [5.74, 6) is -6.33. The highest BCUT2D eigenvalue weighted by Crippen LogP contribution is 2.30. The zero-order valence-electron chi connectivity index (χ0n) is 49.8. The number of nitrogens with one attached hydrogen (secondary N) is 5. The van der Waals surface area contributed by atoms with E-state index in [0.717, 1.165) is 27.7 Å². The van der Waals surface area contributed by atoms with Crippen LogP contribution in [-0.4, -0.2) is 210 Å². The minimum atomic E-state index is -1.27. The largest absolute Gasteiger partial charge is 0.463 e. The number of rotatable bonds is 40. The third kappa shape index (κ3) is 31.9. The van der Waals surface area contributed by atoms with Crippen molar-refractivity contribution < 1.29 is 115 Å². The fourth-order valence-corrected chi connectivity index (χ4v) is 8.76. The number of ether oxygens (including phenoxy) is 10. The van der Waals surface area contributed by atoms with Crippen molar-refractivity contribution in [2.75, 3.05) is 72.3 Å². The van der Waals surface area contributed by atoms with Crippen LogP contribution in [0.1, 0.15) is 139 Å². The second-order valence-corrected chi connectivity index (χ2v) is 19.8. The summed E-state index contributed by atoms with van der Waals surface area (Å²) in [6.45, 7) is 12.8. The molecule has 5 amide bonds. The molecule has 0 radical (unpaired) electrons. The second kappa shape index (κ2) is 41.4. The van der Waals surface area contributed by atoms with E-state index in [-0.39, 0.29) is 70.0 Å². The Kier molecular flexibility index (Phi) is 36.2. The van der Waals surface area contributed by atoms with Crippen LogP contribution in [0, 0.1) is 0 Å². The lowest BCUT2D eigenvalue weighted by molar-refractivity contribution is -0.277. The predicted molar refractivity (Wildman–Crippen MR) is 289 cm³/mol. The van der Waals surface area contributed by atoms with Gasteiger partial charge in [0.25, 0.3) is 0 Å². The van der Waals surface area contributed by atoms with Gasteiger partial charge in [-0.1, -0.05) is 0 Å². The molecule has 10 atom stereocenters. The molecule has 2 fully saturated rings. The highest BCUT2D eigenvalue weighted by atomic mass is 17.2. The van der Waals surface area contributed by atoms with Gasteiger partial charge in [-0.3, -0.25) is 57.6 Å². The second-order valence-electron chi connectivity index (χ2n) is 19.8. The maximum absolute atomic E-state index is 13.3. The van der Waals surface area contributed by atoms with Crippen molar-refractivity contribution in [3.63, 3.8) is 0 Å². The fraction of sp³-hybridized carbons (Fsp3) is 0.778. The first-order valence-corrected chi connectivity index (χ1v) is 28.2. The van der Waals surface area contributed by atoms with Crippen molar-refractivity contribution in [1.82, 2.24) is 31.5 Å². The van der Waals surface area contributed by atoms with Gasteiger partial charge in [0.15, 0.2) is 37.0 Å². The number of carbonyl (C=O) groups excluding carboxylic acids is 12. The first-order valence-electron chi connectivity index (χ1n) is 28.2. The summed E-state index contributed by atoms with van der Waals surface area (Å²) in [6, 6.07) is -2.23. The summed E-state index contributed by atoms with van der Waals surface area (Å²) in [7, 11) is 0. The number of unbranched alkanes of at least 4 members (excludes halogenated alkanes) is 3. The van der Waals surface area contributed by atoms with Crippen LogP contribution >= 0.6 is 0 Å². The van der Waals surface area contributed by atoms with E-state index in [9.17, 15) is 57.5 Å². The molecule has 6 unspecified atom stereocenters. The summed E-state index contributed by atoms with van der Waals surface area (Å²) in [6.07, 6.45) is -4.88. The maximum atomic E-state index is 13.3. The highest BCUT2D eigenvalue weighted by Gasteiger charge is 2.53. The monoisotopic (exact) mass is 1200 g/mol. The van der Waals surface area contributed by atoms with Crippen LogP contribution in [0.2, 0.25) is 0 Å². The van der Waals surface area contributed by atoms with Gasteiger partial charge in [0, 0.05) is 121 Å². The number of esters is 6. The van der Waals surface area contributed by atoms with E-state index >= 15 is 0 Å². The Hall–Kier alpha value is -6.60. The van der Waals surface area contributed by atoms with Crippen molar-refractivity contribution in [3.8, 4) is 0 Å². The summed E-state index contributed by atoms with van der Waals surface area (Å²) >= 11 is 0. The fourth-order valence-electron chi connectivity index (χ4n) is 8.76. The van der Waals surface area contributed by atoms with E-state index in [1.807, 2.05) is 0 Å². The highest BCUT2D eigenvalue weighted by molar-refractivity contribution is 5.77. The molecule has 84 heavy (non-hydrogen) atoms. The van der Waals surface area contributed by atoms with Crippen LogP contribution in [0.25, 0.3) is 0 Å². The minimum absolute atomic E-state index is 0.0401. The molecule has 2 saturated heterocycles. The minimum Gasteiger partial charge on any atom is -0.463 e. The Morgan fingerprint density at radius 1 is 0.417 bits per heavy atom. The summed E-state index contributed by atoms with van der Waals surface area (Å²) in [4.78, 5) is 157. The van der Waals surface area contributed by atoms with Crippen molar-refractivity contribution in [3.05, 3.63) is 0 Å². The van der Waals surface area contributed by atoms with Crippen molar-refractivity contribution in [2.45, 2.75) is 201 Å². The number of nitrogens with zero attached hydrogens (tertiary/aromatic N) is 1. The molecule has 0 aromatic rings. The van der Waals surface area contributed by atoms with Gasteiger partial charge in [-0.15, -0.1) is 0 Å². The molecule has 0 saturated carbocycles. The normalized spacial score (nSPS) is 21.7. The van der Waals surface area contributed by atoms with E-state index in [2.05, 4.69) is 31.5 Å². The Morgan fingerprint density at radius 3 is 1.23 bits per heavy atom. The number of hydrogen-bond donors (Lipinski definition) is 5. The Bertz CT molecular complexity index is 2130. The summed E-state index contributed by atoms with van der Waals surface area (Å²) in [5, 5.41) is 14.3. The van der Waals surface area contributed by atoms with Gasteiger partial charge in [0.05, 0.1) is 6.61 Å². The molecule has 30 nitrogen and oxygen atoms in total. The number of carbonyl (C=O) groups is 12. The molecule has 0 bridgehead atoms. The lowest BCUT2D eigenvalue weighted by Crippen LogP contribution is -2.66. The predicted octanol–water partition coefficient (Wildman–Crippen LogP) is 0.158. The molecule has 2 aliphatic rings. The summed E-state index contributed by atoms with van der Waals surface area (Å²) < 4.78 is 55.9. The van der Waals surface area contributed by atoms with E-state index in [0.29, 0.717) is 97.1 Å². The lowest BCUT2D eigenvalue weighted by atomic mass is 9.96. The molecule has 478 valence electrons. The van der Waals surface area contributed by atoms with Crippen LogP contribution < -0.4 is 26.6 Å². The molecule has 2 heterocycles. The van der Waals surface area contributed by atoms with Gasteiger partial charge in [0.2, 0.25) is 29.5 Å². The van der Waals surface area contributed by atoms with Crippen molar-refractivity contribution in [2.24, 2.45) is 0 Å². The lowest BCUT2D eigenvalue weighted by Gasteiger charge is -2.44. The first kappa shape index (κ1) is 73.5. The van der Waals surface area contributed by atoms with Crippen LogP contribution in [0.4, 0.5) is 0 Å². The molecule has 0 aliphatic carbocycles. The average molecular weight is 1210 g/mol. The smallest absolute Gasteiger partial charge is 0.339 e. The quantitative estimate of drug-likeness (QED) is 0.0179. The van der Waals surface area contributed by atoms with Crippen LogP contribution in [-0.2, 0) is 115 Å². The third-order valence-electron chi connectivity index (χ3n) is 12.3. The molecule has 0 aromatic carbocycles. The van der Waals surface area contributed by atoms with E-state index in [1.165, 1.54) is 34.6 Å². The van der Waals surface area contributed by atoms with E-state index in [1.54, 1.807) is 4.90 Å². The van der Waals surface area contributed by atoms with Crippen molar-refractivity contribution >= 4 is 71.3 Å². The first-order chi connectivity index (χ1) is 39.9. The summed E-state index contributed by atoms with van der Waals surface area (Å²) in [5.41, 5.74) is 0. The van der Waals surface area contributed by atoms with Crippen molar-refractivity contribution in [1.29, 1.82) is 0 Å². The maximum Gasteiger partial charge on any atom is 0.339 e. The Balaban J connectivity index is 1.82. The number of amides is 5. The zero-order valence-corrected chi connectivity index (χ0v) is 49.8. The van der Waals surface area contributed by atoms with Gasteiger partial charge in [-0.05, 0) is 70.9 Å². The Labute approximate surface area is 489 Å². The zero-order chi connectivity index (χ0) is 62.6. The van der Waals surface area contributed by atoms with E-state index in [4.69, 9.17) is 52.3 Å². The average Bonchev–Trinajstić information content (AvgIpc) is 1.35. The van der Waals surface area contributed by atoms with Gasteiger partial charge >= 0.3 is 41.8 Å². The van der Waals surface area contributed by atoms with Gasteiger partial charge in [-0.25, -0.2) is 4.79 Å². The van der Waals surface area contributed by atoms with Crippen LogP contribution in [0.5, 0.6) is 0 Å².